The van der Waals surface area contributed by atoms with Crippen molar-refractivity contribution < 1.29 is 18.0 Å². The molecule has 0 spiro atoms. The zero-order valence-corrected chi connectivity index (χ0v) is 17.5. The lowest BCUT2D eigenvalue weighted by Crippen LogP contribution is -2.43. The maximum Gasteiger partial charge on any atom is 0.246 e. The molecule has 2 aromatic rings. The highest BCUT2D eigenvalue weighted by atomic mass is 32.2. The summed E-state index contributed by atoms with van der Waals surface area (Å²) in [5.41, 5.74) is 0.712. The fourth-order valence-corrected chi connectivity index (χ4v) is 4.29. The quantitative estimate of drug-likeness (QED) is 0.676. The van der Waals surface area contributed by atoms with Gasteiger partial charge in [0.2, 0.25) is 21.8 Å². The maximum atomic E-state index is 12.5. The van der Waals surface area contributed by atoms with E-state index in [1.54, 1.807) is 34.7 Å². The molecule has 0 saturated carbocycles. The van der Waals surface area contributed by atoms with E-state index >= 15 is 0 Å². The summed E-state index contributed by atoms with van der Waals surface area (Å²) in [6.45, 7) is 0.962. The minimum atomic E-state index is -3.49. The molecule has 1 aliphatic rings. The third-order valence-electron chi connectivity index (χ3n) is 4.64. The van der Waals surface area contributed by atoms with E-state index in [1.807, 2.05) is 0 Å². The van der Waals surface area contributed by atoms with Crippen LogP contribution in [0.1, 0.15) is 18.4 Å². The first-order chi connectivity index (χ1) is 13.9. The summed E-state index contributed by atoms with van der Waals surface area (Å²) >= 11 is 1.36. The molecular formula is C19H22N4O4S2. The lowest BCUT2D eigenvalue weighted by atomic mass is 9.97. The van der Waals surface area contributed by atoms with Crippen molar-refractivity contribution in [3.8, 4) is 0 Å². The fraction of sp³-hybridized carbons (Fsp3) is 0.316. The third kappa shape index (κ3) is 5.49. The number of carbonyl (C=O) groups excluding carboxylic acids is 2. The van der Waals surface area contributed by atoms with E-state index < -0.39 is 10.0 Å². The van der Waals surface area contributed by atoms with Crippen molar-refractivity contribution >= 4 is 44.4 Å². The summed E-state index contributed by atoms with van der Waals surface area (Å²) in [6, 6.07) is 6.23. The van der Waals surface area contributed by atoms with E-state index in [0.29, 0.717) is 23.8 Å². The largest absolute Gasteiger partial charge is 0.338 e. The molecule has 2 N–H and O–H groups in total. The van der Waals surface area contributed by atoms with Crippen molar-refractivity contribution in [3.05, 3.63) is 47.5 Å². The number of likely N-dealkylation sites (tertiary alicyclic amines) is 1. The van der Waals surface area contributed by atoms with E-state index in [1.165, 1.54) is 36.6 Å². The number of hydrogen-bond acceptors (Lipinski definition) is 6. The summed E-state index contributed by atoms with van der Waals surface area (Å²) in [6.07, 6.45) is 6.20. The molecule has 8 nitrogen and oxygen atoms in total. The van der Waals surface area contributed by atoms with Crippen LogP contribution in [-0.2, 0) is 19.6 Å². The summed E-state index contributed by atoms with van der Waals surface area (Å²) in [7, 11) is -2.14. The topological polar surface area (TPSA) is 108 Å². The molecule has 1 aliphatic heterocycles. The minimum Gasteiger partial charge on any atom is -0.338 e. The molecule has 2 heterocycles. The summed E-state index contributed by atoms with van der Waals surface area (Å²) in [5, 5.41) is 5.14. The minimum absolute atomic E-state index is 0.122. The summed E-state index contributed by atoms with van der Waals surface area (Å²) in [5.74, 6) is -0.567. The van der Waals surface area contributed by atoms with Crippen LogP contribution in [0.15, 0.2) is 46.8 Å². The molecule has 1 saturated heterocycles. The van der Waals surface area contributed by atoms with Gasteiger partial charge in [0.1, 0.15) is 0 Å². The van der Waals surface area contributed by atoms with Crippen molar-refractivity contribution in [3.63, 3.8) is 0 Å². The predicted octanol–water partition coefficient (Wildman–Crippen LogP) is 1.94. The molecule has 29 heavy (non-hydrogen) atoms. The number of piperidine rings is 1. The van der Waals surface area contributed by atoms with Gasteiger partial charge in [-0.1, -0.05) is 12.1 Å². The van der Waals surface area contributed by atoms with Gasteiger partial charge < -0.3 is 10.2 Å². The second-order valence-corrected chi connectivity index (χ2v) is 9.34. The van der Waals surface area contributed by atoms with E-state index in [2.05, 4.69) is 15.0 Å². The Bertz CT molecular complexity index is 986. The molecule has 3 rings (SSSR count). The van der Waals surface area contributed by atoms with Crippen molar-refractivity contribution in [2.24, 2.45) is 5.92 Å². The van der Waals surface area contributed by atoms with E-state index in [4.69, 9.17) is 0 Å². The van der Waals surface area contributed by atoms with Crippen LogP contribution in [0.5, 0.6) is 0 Å². The smallest absolute Gasteiger partial charge is 0.246 e. The third-order valence-corrected chi connectivity index (χ3v) is 6.76. The fourth-order valence-electron chi connectivity index (χ4n) is 3.03. The van der Waals surface area contributed by atoms with Crippen LogP contribution in [0.25, 0.3) is 6.08 Å². The Morgan fingerprint density at radius 2 is 2.03 bits per heavy atom. The van der Waals surface area contributed by atoms with Gasteiger partial charge in [-0.3, -0.25) is 9.59 Å². The number of thiazole rings is 1. The molecule has 0 bridgehead atoms. The molecule has 1 atom stereocenters. The molecule has 1 unspecified atom stereocenters. The molecule has 0 aliphatic carbocycles. The highest BCUT2D eigenvalue weighted by Crippen LogP contribution is 2.20. The first-order valence-corrected chi connectivity index (χ1v) is 11.5. The first-order valence-electron chi connectivity index (χ1n) is 9.10. The number of benzene rings is 1. The number of carbonyl (C=O) groups is 2. The Morgan fingerprint density at radius 1 is 1.28 bits per heavy atom. The average Bonchev–Trinajstić information content (AvgIpc) is 3.25. The lowest BCUT2D eigenvalue weighted by molar-refractivity contribution is -0.130. The molecule has 1 aromatic carbocycles. The van der Waals surface area contributed by atoms with E-state index in [0.717, 1.165) is 12.8 Å². The lowest BCUT2D eigenvalue weighted by Gasteiger charge is -2.31. The van der Waals surface area contributed by atoms with E-state index in [-0.39, 0.29) is 22.6 Å². The van der Waals surface area contributed by atoms with Crippen molar-refractivity contribution in [2.45, 2.75) is 17.7 Å². The molecule has 0 radical (unpaired) electrons. The molecule has 1 aromatic heterocycles. The van der Waals surface area contributed by atoms with Crippen LogP contribution < -0.4 is 10.0 Å². The van der Waals surface area contributed by atoms with Crippen LogP contribution in [0.4, 0.5) is 5.13 Å². The standard InChI is InChI=1S/C19H22N4O4S2/c1-20-29(26,27)16-7-4-14(5-8-16)6-9-17(24)23-11-2-3-15(13-23)18(25)22-19-21-10-12-28-19/h4-10,12,15,20H,2-3,11,13H2,1H3,(H,21,22,25)/b9-6+. The number of amides is 2. The Hall–Kier alpha value is -2.56. The van der Waals surface area contributed by atoms with Crippen LogP contribution in [0, 0.1) is 5.92 Å². The summed E-state index contributed by atoms with van der Waals surface area (Å²) < 4.78 is 25.7. The second-order valence-electron chi connectivity index (χ2n) is 6.56. The van der Waals surface area contributed by atoms with Crippen molar-refractivity contribution in [2.75, 3.05) is 25.5 Å². The Morgan fingerprint density at radius 3 is 2.69 bits per heavy atom. The number of hydrogen-bond donors (Lipinski definition) is 2. The van der Waals surface area contributed by atoms with Gasteiger partial charge in [0, 0.05) is 30.7 Å². The van der Waals surface area contributed by atoms with Gasteiger partial charge in [0.05, 0.1) is 10.8 Å². The molecule has 10 heteroatoms. The van der Waals surface area contributed by atoms with Gasteiger partial charge in [0.15, 0.2) is 5.13 Å². The predicted molar refractivity (Wildman–Crippen MR) is 112 cm³/mol. The number of nitrogens with zero attached hydrogens (tertiary/aromatic N) is 2. The zero-order chi connectivity index (χ0) is 20.9. The van der Waals surface area contributed by atoms with Gasteiger partial charge in [-0.15, -0.1) is 11.3 Å². The number of rotatable bonds is 6. The monoisotopic (exact) mass is 434 g/mol. The molecule has 154 valence electrons. The van der Waals surface area contributed by atoms with Gasteiger partial charge >= 0.3 is 0 Å². The SMILES string of the molecule is CNS(=O)(=O)c1ccc(/C=C/C(=O)N2CCCC(C(=O)Nc3nccs3)C2)cc1. The number of anilines is 1. The highest BCUT2D eigenvalue weighted by molar-refractivity contribution is 7.89. The van der Waals surface area contributed by atoms with E-state index in [9.17, 15) is 18.0 Å². The highest BCUT2D eigenvalue weighted by Gasteiger charge is 2.28. The van der Waals surface area contributed by atoms with Gasteiger partial charge in [-0.25, -0.2) is 18.1 Å². The summed E-state index contributed by atoms with van der Waals surface area (Å²) in [4.78, 5) is 30.8. The van der Waals surface area contributed by atoms with Gasteiger partial charge in [-0.2, -0.15) is 0 Å². The average molecular weight is 435 g/mol. The maximum absolute atomic E-state index is 12.5. The Kier molecular flexibility index (Phi) is 6.78. The number of nitrogens with one attached hydrogen (secondary N) is 2. The number of sulfonamides is 1. The number of aromatic nitrogens is 1. The first kappa shape index (κ1) is 21.2. The van der Waals surface area contributed by atoms with Gasteiger partial charge in [-0.05, 0) is 43.7 Å². The Balaban J connectivity index is 1.59. The zero-order valence-electron chi connectivity index (χ0n) is 15.9. The van der Waals surface area contributed by atoms with Crippen LogP contribution >= 0.6 is 11.3 Å². The van der Waals surface area contributed by atoms with Crippen molar-refractivity contribution in [1.82, 2.24) is 14.6 Å². The second kappa shape index (κ2) is 9.29. The van der Waals surface area contributed by atoms with Gasteiger partial charge in [0.25, 0.3) is 0 Å². The van der Waals surface area contributed by atoms with Crippen LogP contribution in [0.2, 0.25) is 0 Å². The molecule has 1 fully saturated rings. The normalized spacial score (nSPS) is 17.4. The van der Waals surface area contributed by atoms with Crippen molar-refractivity contribution in [1.29, 1.82) is 0 Å². The molecular weight excluding hydrogens is 412 g/mol. The molecule has 2 amide bonds. The van der Waals surface area contributed by atoms with Crippen LogP contribution in [-0.4, -0.2) is 50.3 Å². The van der Waals surface area contributed by atoms with Crippen LogP contribution in [0.3, 0.4) is 0 Å². The Labute approximate surface area is 173 Å².